The minimum atomic E-state index is -0.696. The summed E-state index contributed by atoms with van der Waals surface area (Å²) in [6.07, 6.45) is 2.46. The zero-order valence-electron chi connectivity index (χ0n) is 11.2. The van der Waals surface area contributed by atoms with Crippen LogP contribution in [0.5, 0.6) is 0 Å². The van der Waals surface area contributed by atoms with Gasteiger partial charge in [0.2, 0.25) is 0 Å². The van der Waals surface area contributed by atoms with E-state index < -0.39 is 5.97 Å². The van der Waals surface area contributed by atoms with Gasteiger partial charge >= 0.3 is 5.97 Å². The fourth-order valence-electron chi connectivity index (χ4n) is 2.36. The Balaban J connectivity index is 1.58. The van der Waals surface area contributed by atoms with Gasteiger partial charge in [-0.05, 0) is 30.0 Å². The Morgan fingerprint density at radius 2 is 2.20 bits per heavy atom. The van der Waals surface area contributed by atoms with Gasteiger partial charge in [-0.3, -0.25) is 4.79 Å². The van der Waals surface area contributed by atoms with E-state index in [0.29, 0.717) is 12.4 Å². The van der Waals surface area contributed by atoms with E-state index >= 15 is 0 Å². The number of aliphatic carboxylic acids is 1. The van der Waals surface area contributed by atoms with Crippen LogP contribution in [0.25, 0.3) is 0 Å². The molecule has 1 aliphatic rings. The maximum atomic E-state index is 10.8. The minimum Gasteiger partial charge on any atom is -0.481 e. The highest BCUT2D eigenvalue weighted by atomic mass is 16.4. The highest BCUT2D eigenvalue weighted by Crippen LogP contribution is 2.47. The van der Waals surface area contributed by atoms with Gasteiger partial charge in [0.25, 0.3) is 0 Å². The molecule has 1 aromatic heterocycles. The molecule has 1 fully saturated rings. The molecule has 0 radical (unpaired) electrons. The first kappa shape index (κ1) is 12.7. The van der Waals surface area contributed by atoms with Crippen molar-refractivity contribution in [1.82, 2.24) is 4.98 Å². The first-order chi connectivity index (χ1) is 9.63. The van der Waals surface area contributed by atoms with Crippen molar-refractivity contribution < 1.29 is 14.3 Å². The second-order valence-electron chi connectivity index (χ2n) is 5.11. The maximum absolute atomic E-state index is 10.8. The van der Waals surface area contributed by atoms with E-state index in [2.05, 4.69) is 10.3 Å². The molecule has 1 saturated carbocycles. The third-order valence-electron chi connectivity index (χ3n) is 3.58. The number of hydrogen-bond donors (Lipinski definition) is 2. The molecule has 0 unspecified atom stereocenters. The summed E-state index contributed by atoms with van der Waals surface area (Å²) < 4.78 is 5.38. The highest BCUT2D eigenvalue weighted by molar-refractivity contribution is 5.75. The van der Waals surface area contributed by atoms with Crippen molar-refractivity contribution in [3.8, 4) is 0 Å². The largest absolute Gasteiger partial charge is 0.481 e. The first-order valence-corrected chi connectivity index (χ1v) is 6.61. The number of anilines is 1. The number of carbonyl (C=O) groups is 1. The van der Waals surface area contributed by atoms with Crippen LogP contribution in [0.4, 0.5) is 5.69 Å². The van der Waals surface area contributed by atoms with Gasteiger partial charge in [-0.25, -0.2) is 4.98 Å². The number of rotatable bonds is 5. The Labute approximate surface area is 116 Å². The number of nitrogens with zero attached hydrogens (tertiary/aromatic N) is 1. The van der Waals surface area contributed by atoms with Crippen LogP contribution in [0, 0.1) is 12.8 Å². The summed E-state index contributed by atoms with van der Waals surface area (Å²) >= 11 is 0. The molecule has 104 valence electrons. The van der Waals surface area contributed by atoms with E-state index in [1.807, 2.05) is 31.2 Å². The molecular weight excluding hydrogens is 256 g/mol. The number of aryl methyl sites for hydroxylation is 1. The molecular formula is C15H16N2O3. The van der Waals surface area contributed by atoms with Gasteiger partial charge in [-0.15, -0.1) is 0 Å². The van der Waals surface area contributed by atoms with Crippen LogP contribution in [0.2, 0.25) is 0 Å². The predicted octanol–water partition coefficient (Wildman–Crippen LogP) is 2.78. The summed E-state index contributed by atoms with van der Waals surface area (Å²) in [4.78, 5) is 14.9. The minimum absolute atomic E-state index is 0.179. The number of benzene rings is 1. The molecule has 0 amide bonds. The molecule has 3 rings (SSSR count). The van der Waals surface area contributed by atoms with Gasteiger partial charge < -0.3 is 14.8 Å². The molecule has 20 heavy (non-hydrogen) atoms. The van der Waals surface area contributed by atoms with Crippen molar-refractivity contribution in [3.05, 3.63) is 47.7 Å². The van der Waals surface area contributed by atoms with E-state index in [1.54, 1.807) is 6.20 Å². The summed E-state index contributed by atoms with van der Waals surface area (Å²) in [6.45, 7) is 2.40. The summed E-state index contributed by atoms with van der Waals surface area (Å²) in [5.41, 5.74) is 2.08. The van der Waals surface area contributed by atoms with Gasteiger partial charge in [0.1, 0.15) is 5.76 Å². The van der Waals surface area contributed by atoms with Crippen LogP contribution in [0.3, 0.4) is 0 Å². The fourth-order valence-corrected chi connectivity index (χ4v) is 2.36. The Bertz CT molecular complexity index is 618. The van der Waals surface area contributed by atoms with E-state index in [0.717, 1.165) is 23.4 Å². The van der Waals surface area contributed by atoms with Gasteiger partial charge in [-0.2, -0.15) is 0 Å². The molecule has 2 atom stereocenters. The number of aromatic nitrogens is 1. The lowest BCUT2D eigenvalue weighted by molar-refractivity contribution is -0.138. The molecule has 0 spiro atoms. The zero-order chi connectivity index (χ0) is 14.1. The quantitative estimate of drug-likeness (QED) is 0.875. The number of carboxylic acid groups (broad SMARTS) is 1. The van der Waals surface area contributed by atoms with Crippen molar-refractivity contribution in [1.29, 1.82) is 0 Å². The average Bonchev–Trinajstić information content (AvgIpc) is 3.14. The van der Waals surface area contributed by atoms with Gasteiger partial charge in [-0.1, -0.05) is 12.1 Å². The summed E-state index contributed by atoms with van der Waals surface area (Å²) in [6, 6.07) is 7.91. The third-order valence-corrected chi connectivity index (χ3v) is 3.58. The van der Waals surface area contributed by atoms with E-state index in [1.165, 1.54) is 0 Å². The lowest BCUT2D eigenvalue weighted by Gasteiger charge is -2.05. The Morgan fingerprint density at radius 3 is 2.75 bits per heavy atom. The second kappa shape index (κ2) is 5.00. The van der Waals surface area contributed by atoms with Crippen LogP contribution in [0.15, 0.2) is 34.9 Å². The number of carboxylic acids is 1. The first-order valence-electron chi connectivity index (χ1n) is 6.61. The molecule has 0 saturated heterocycles. The van der Waals surface area contributed by atoms with Crippen LogP contribution >= 0.6 is 0 Å². The molecule has 1 aromatic carbocycles. The number of hydrogen-bond acceptors (Lipinski definition) is 4. The lowest BCUT2D eigenvalue weighted by atomic mass is 10.1. The van der Waals surface area contributed by atoms with Gasteiger partial charge in [0.15, 0.2) is 5.89 Å². The van der Waals surface area contributed by atoms with Crippen molar-refractivity contribution in [2.45, 2.75) is 25.8 Å². The van der Waals surface area contributed by atoms with Crippen LogP contribution in [-0.2, 0) is 11.3 Å². The smallest absolute Gasteiger partial charge is 0.307 e. The number of nitrogens with one attached hydrogen (secondary N) is 1. The van der Waals surface area contributed by atoms with E-state index in [9.17, 15) is 4.79 Å². The Morgan fingerprint density at radius 1 is 1.45 bits per heavy atom. The van der Waals surface area contributed by atoms with Gasteiger partial charge in [0.05, 0.1) is 18.7 Å². The molecule has 5 heteroatoms. The summed E-state index contributed by atoms with van der Waals surface area (Å²) in [7, 11) is 0. The van der Waals surface area contributed by atoms with E-state index in [4.69, 9.17) is 9.52 Å². The van der Waals surface area contributed by atoms with Crippen LogP contribution in [0.1, 0.15) is 29.6 Å². The second-order valence-corrected chi connectivity index (χ2v) is 5.11. The molecule has 1 aliphatic carbocycles. The fraction of sp³-hybridized carbons (Fsp3) is 0.333. The van der Waals surface area contributed by atoms with Crippen LogP contribution in [-0.4, -0.2) is 16.1 Å². The zero-order valence-corrected chi connectivity index (χ0v) is 11.2. The molecule has 2 N–H and O–H groups in total. The topological polar surface area (TPSA) is 75.4 Å². The molecule has 2 aromatic rings. The summed E-state index contributed by atoms with van der Waals surface area (Å²) in [5, 5.41) is 12.2. The van der Waals surface area contributed by atoms with Crippen LogP contribution < -0.4 is 5.32 Å². The third kappa shape index (κ3) is 2.66. The highest BCUT2D eigenvalue weighted by Gasteiger charge is 2.43. The van der Waals surface area contributed by atoms with E-state index in [-0.39, 0.29) is 11.8 Å². The maximum Gasteiger partial charge on any atom is 0.307 e. The normalized spacial score (nSPS) is 20.6. The van der Waals surface area contributed by atoms with Crippen molar-refractivity contribution in [3.63, 3.8) is 0 Å². The number of oxazole rings is 1. The SMILES string of the molecule is Cc1ncc(CNc2ccc([C@@H]3C[C@H]3C(=O)O)cc2)o1. The molecule has 0 aliphatic heterocycles. The van der Waals surface area contributed by atoms with Gasteiger partial charge in [0, 0.05) is 12.6 Å². The Kier molecular flexibility index (Phi) is 3.18. The summed E-state index contributed by atoms with van der Waals surface area (Å²) in [5.74, 6) is 0.729. The Hall–Kier alpha value is -2.30. The molecule has 1 heterocycles. The van der Waals surface area contributed by atoms with Crippen molar-refractivity contribution in [2.24, 2.45) is 5.92 Å². The van der Waals surface area contributed by atoms with Crippen molar-refractivity contribution in [2.75, 3.05) is 5.32 Å². The van der Waals surface area contributed by atoms with Crippen molar-refractivity contribution >= 4 is 11.7 Å². The molecule has 5 nitrogen and oxygen atoms in total. The predicted molar refractivity (Wildman–Crippen MR) is 73.5 cm³/mol. The average molecular weight is 272 g/mol. The standard InChI is InChI=1S/C15H16N2O3/c1-9-16-7-12(20-9)8-17-11-4-2-10(3-5-11)13-6-14(13)15(18)19/h2-5,7,13-14,17H,6,8H2,1H3,(H,18,19)/t13-,14+/m0/s1. The monoisotopic (exact) mass is 272 g/mol. The molecule has 0 bridgehead atoms. The lowest BCUT2D eigenvalue weighted by Crippen LogP contribution is -2.00.